The molecule has 0 aromatic rings. The van der Waals surface area contributed by atoms with E-state index in [1.807, 2.05) is 0 Å². The number of rotatable bonds is 3. The first-order valence-electron chi connectivity index (χ1n) is 3.30. The van der Waals surface area contributed by atoms with Crippen molar-refractivity contribution in [1.82, 2.24) is 5.32 Å². The molecule has 1 aliphatic heterocycles. The van der Waals surface area contributed by atoms with E-state index in [4.69, 9.17) is 5.11 Å². The monoisotopic (exact) mass is 155 g/mol. The minimum Gasteiger partial charge on any atom is -0.478 e. The lowest BCUT2D eigenvalue weighted by Crippen LogP contribution is -2.10. The van der Waals surface area contributed by atoms with Crippen LogP contribution in [-0.4, -0.2) is 29.4 Å². The Morgan fingerprint density at radius 1 is 1.64 bits per heavy atom. The lowest BCUT2D eigenvalue weighted by molar-refractivity contribution is -0.133. The number of hydrogen-bond donors (Lipinski definition) is 2. The van der Waals surface area contributed by atoms with E-state index in [1.165, 1.54) is 6.92 Å². The number of allylic oxidation sites excluding steroid dienone is 1. The molecule has 0 radical (unpaired) electrons. The second kappa shape index (κ2) is 2.84. The van der Waals surface area contributed by atoms with Gasteiger partial charge in [0, 0.05) is 6.54 Å². The van der Waals surface area contributed by atoms with E-state index in [2.05, 4.69) is 5.32 Å². The van der Waals surface area contributed by atoms with E-state index in [0.717, 1.165) is 6.08 Å². The van der Waals surface area contributed by atoms with E-state index in [0.29, 0.717) is 6.54 Å². The van der Waals surface area contributed by atoms with Crippen LogP contribution >= 0.6 is 0 Å². The maximum absolute atomic E-state index is 10.5. The van der Waals surface area contributed by atoms with Gasteiger partial charge in [0.25, 0.3) is 0 Å². The molecule has 1 saturated heterocycles. The van der Waals surface area contributed by atoms with E-state index < -0.39 is 5.97 Å². The summed E-state index contributed by atoms with van der Waals surface area (Å²) in [7, 11) is 0. The van der Waals surface area contributed by atoms with Crippen molar-refractivity contribution in [1.29, 1.82) is 0 Å². The molecule has 1 aliphatic rings. The SMILES string of the molecule is CC(=O)/C=C(\C(=O)O)C1CN1. The molecule has 60 valence electrons. The van der Waals surface area contributed by atoms with Crippen LogP contribution in [0.3, 0.4) is 0 Å². The van der Waals surface area contributed by atoms with Gasteiger partial charge in [0.15, 0.2) is 5.78 Å². The first kappa shape index (κ1) is 7.94. The summed E-state index contributed by atoms with van der Waals surface area (Å²) in [6, 6.07) is -0.114. The highest BCUT2D eigenvalue weighted by Crippen LogP contribution is 2.10. The van der Waals surface area contributed by atoms with Gasteiger partial charge in [-0.2, -0.15) is 0 Å². The molecule has 0 aromatic carbocycles. The molecule has 4 nitrogen and oxygen atoms in total. The summed E-state index contributed by atoms with van der Waals surface area (Å²) >= 11 is 0. The van der Waals surface area contributed by atoms with Gasteiger partial charge in [0.2, 0.25) is 0 Å². The van der Waals surface area contributed by atoms with Crippen LogP contribution in [0, 0.1) is 0 Å². The minimum atomic E-state index is -1.02. The molecule has 1 unspecified atom stereocenters. The van der Waals surface area contributed by atoms with E-state index in [9.17, 15) is 9.59 Å². The highest BCUT2D eigenvalue weighted by Gasteiger charge is 2.29. The molecule has 1 fully saturated rings. The lowest BCUT2D eigenvalue weighted by Gasteiger charge is -1.94. The maximum Gasteiger partial charge on any atom is 0.333 e. The Labute approximate surface area is 63.9 Å². The summed E-state index contributed by atoms with van der Waals surface area (Å²) in [5, 5.41) is 11.4. The predicted molar refractivity (Wildman–Crippen MR) is 38.2 cm³/mol. The molecule has 4 heteroatoms. The number of carbonyl (C=O) groups excluding carboxylic acids is 1. The third-order valence-corrected chi connectivity index (χ3v) is 1.39. The van der Waals surface area contributed by atoms with E-state index in [-0.39, 0.29) is 17.4 Å². The van der Waals surface area contributed by atoms with Gasteiger partial charge in [-0.15, -0.1) is 0 Å². The van der Waals surface area contributed by atoms with Gasteiger partial charge in [-0.05, 0) is 13.0 Å². The minimum absolute atomic E-state index is 0.114. The van der Waals surface area contributed by atoms with Crippen molar-refractivity contribution < 1.29 is 14.7 Å². The molecular formula is C7H9NO3. The molecule has 0 amide bonds. The van der Waals surface area contributed by atoms with Crippen molar-refractivity contribution in [3.05, 3.63) is 11.6 Å². The summed E-state index contributed by atoms with van der Waals surface area (Å²) in [4.78, 5) is 21.0. The van der Waals surface area contributed by atoms with Crippen molar-refractivity contribution in [3.63, 3.8) is 0 Å². The molecule has 0 aromatic heterocycles. The second-order valence-corrected chi connectivity index (χ2v) is 2.48. The molecule has 0 saturated carbocycles. The summed E-state index contributed by atoms with van der Waals surface area (Å²) < 4.78 is 0. The molecule has 0 bridgehead atoms. The Balaban J connectivity index is 2.73. The Bertz CT molecular complexity index is 228. The molecule has 2 N–H and O–H groups in total. The molecule has 1 rings (SSSR count). The summed E-state index contributed by atoms with van der Waals surface area (Å²) in [5.74, 6) is -1.24. The summed E-state index contributed by atoms with van der Waals surface area (Å²) in [6.07, 6.45) is 1.16. The average molecular weight is 155 g/mol. The fraction of sp³-hybridized carbons (Fsp3) is 0.429. The number of ketones is 1. The second-order valence-electron chi connectivity index (χ2n) is 2.48. The van der Waals surface area contributed by atoms with Crippen LogP contribution in [0.25, 0.3) is 0 Å². The zero-order chi connectivity index (χ0) is 8.43. The van der Waals surface area contributed by atoms with Crippen molar-refractivity contribution >= 4 is 11.8 Å². The van der Waals surface area contributed by atoms with Crippen molar-refractivity contribution in [2.75, 3.05) is 6.54 Å². The van der Waals surface area contributed by atoms with Gasteiger partial charge >= 0.3 is 5.97 Å². The Hall–Kier alpha value is -1.16. The van der Waals surface area contributed by atoms with Crippen LogP contribution in [-0.2, 0) is 9.59 Å². The van der Waals surface area contributed by atoms with Gasteiger partial charge < -0.3 is 10.4 Å². The van der Waals surface area contributed by atoms with Crippen LogP contribution in [0.1, 0.15) is 6.92 Å². The standard InChI is InChI=1S/C7H9NO3/c1-4(9)2-5(7(10)11)6-3-8-6/h2,6,8H,3H2,1H3,(H,10,11)/b5-2-. The molecule has 1 heterocycles. The third-order valence-electron chi connectivity index (χ3n) is 1.39. The molecular weight excluding hydrogens is 146 g/mol. The maximum atomic E-state index is 10.5. The van der Waals surface area contributed by atoms with E-state index >= 15 is 0 Å². The molecule has 1 atom stereocenters. The topological polar surface area (TPSA) is 76.3 Å². The number of hydrogen-bond acceptors (Lipinski definition) is 3. The highest BCUT2D eigenvalue weighted by molar-refractivity contribution is 5.98. The average Bonchev–Trinajstić information content (AvgIpc) is 2.63. The number of carboxylic acids is 1. The molecule has 11 heavy (non-hydrogen) atoms. The number of carboxylic acid groups (broad SMARTS) is 1. The van der Waals surface area contributed by atoms with Gasteiger partial charge in [0.1, 0.15) is 0 Å². The van der Waals surface area contributed by atoms with Crippen LogP contribution in [0.4, 0.5) is 0 Å². The first-order chi connectivity index (χ1) is 5.11. The normalized spacial score (nSPS) is 23.0. The van der Waals surface area contributed by atoms with Crippen LogP contribution in [0.2, 0.25) is 0 Å². The van der Waals surface area contributed by atoms with Gasteiger partial charge in [-0.3, -0.25) is 4.79 Å². The Morgan fingerprint density at radius 2 is 2.18 bits per heavy atom. The number of aliphatic carboxylic acids is 1. The largest absolute Gasteiger partial charge is 0.478 e. The van der Waals surface area contributed by atoms with Crippen LogP contribution in [0.5, 0.6) is 0 Å². The molecule has 0 spiro atoms. The number of nitrogens with one attached hydrogen (secondary N) is 1. The summed E-state index contributed by atoms with van der Waals surface area (Å²) in [5.41, 5.74) is 0.164. The van der Waals surface area contributed by atoms with Gasteiger partial charge in [-0.25, -0.2) is 4.79 Å². The summed E-state index contributed by atoms with van der Waals surface area (Å²) in [6.45, 7) is 2.00. The molecule has 0 aliphatic carbocycles. The van der Waals surface area contributed by atoms with E-state index in [1.54, 1.807) is 0 Å². The fourth-order valence-electron chi connectivity index (χ4n) is 0.809. The lowest BCUT2D eigenvalue weighted by atomic mass is 10.1. The predicted octanol–water partition coefficient (Wildman–Crippen LogP) is -0.442. The zero-order valence-electron chi connectivity index (χ0n) is 6.13. The first-order valence-corrected chi connectivity index (χ1v) is 3.30. The van der Waals surface area contributed by atoms with Crippen molar-refractivity contribution in [2.24, 2.45) is 0 Å². The zero-order valence-corrected chi connectivity index (χ0v) is 6.13. The Kier molecular flexibility index (Phi) is 2.05. The van der Waals surface area contributed by atoms with Crippen molar-refractivity contribution in [2.45, 2.75) is 13.0 Å². The van der Waals surface area contributed by atoms with Gasteiger partial charge in [-0.1, -0.05) is 0 Å². The quantitative estimate of drug-likeness (QED) is 0.428. The van der Waals surface area contributed by atoms with Crippen molar-refractivity contribution in [3.8, 4) is 0 Å². The van der Waals surface area contributed by atoms with Gasteiger partial charge in [0.05, 0.1) is 11.6 Å². The smallest absolute Gasteiger partial charge is 0.333 e. The van der Waals surface area contributed by atoms with Crippen LogP contribution in [0.15, 0.2) is 11.6 Å². The third kappa shape index (κ3) is 2.16. The number of carbonyl (C=O) groups is 2. The fourth-order valence-corrected chi connectivity index (χ4v) is 0.809. The highest BCUT2D eigenvalue weighted by atomic mass is 16.4. The Morgan fingerprint density at radius 3 is 2.45 bits per heavy atom. The van der Waals surface area contributed by atoms with Crippen LogP contribution < -0.4 is 5.32 Å².